The fraction of sp³-hybridized carbons (Fsp3) is 1.00. The van der Waals surface area contributed by atoms with Gasteiger partial charge in [0, 0.05) is 45.8 Å². The van der Waals surface area contributed by atoms with E-state index < -0.39 is 0 Å². The van der Waals surface area contributed by atoms with Crippen LogP contribution in [0.5, 0.6) is 0 Å². The van der Waals surface area contributed by atoms with Gasteiger partial charge in [0.05, 0.1) is 0 Å². The van der Waals surface area contributed by atoms with Crippen LogP contribution in [0, 0.1) is 11.3 Å². The first-order valence-electron chi connectivity index (χ1n) is 8.70. The van der Waals surface area contributed by atoms with Gasteiger partial charge in [-0.3, -0.25) is 0 Å². The van der Waals surface area contributed by atoms with Gasteiger partial charge in [0.1, 0.15) is 0 Å². The van der Waals surface area contributed by atoms with Crippen molar-refractivity contribution in [1.29, 1.82) is 0 Å². The molecule has 0 radical (unpaired) electrons. The summed E-state index contributed by atoms with van der Waals surface area (Å²) < 4.78 is 0. The third kappa shape index (κ3) is 5.71. The van der Waals surface area contributed by atoms with Crippen molar-refractivity contribution in [1.82, 2.24) is 15.1 Å². The molecule has 1 aliphatic heterocycles. The predicted molar refractivity (Wildman–Crippen MR) is 89.3 cm³/mol. The van der Waals surface area contributed by atoms with Gasteiger partial charge in [-0.1, -0.05) is 34.6 Å². The maximum atomic E-state index is 3.58. The Bertz CT molecular complexity index is 241. The van der Waals surface area contributed by atoms with Crippen molar-refractivity contribution in [2.75, 3.05) is 52.4 Å². The van der Waals surface area contributed by atoms with Crippen LogP contribution in [0.1, 0.15) is 47.5 Å². The van der Waals surface area contributed by atoms with Gasteiger partial charge >= 0.3 is 0 Å². The van der Waals surface area contributed by atoms with Gasteiger partial charge in [-0.05, 0) is 30.7 Å². The molecule has 1 N–H and O–H groups in total. The summed E-state index contributed by atoms with van der Waals surface area (Å²) in [6.45, 7) is 21.4. The van der Waals surface area contributed by atoms with Gasteiger partial charge in [0.2, 0.25) is 0 Å². The summed E-state index contributed by atoms with van der Waals surface area (Å²) in [6.07, 6.45) is 2.56. The molecular formula is C17H37N3. The lowest BCUT2D eigenvalue weighted by molar-refractivity contribution is 0.0738. The Morgan fingerprint density at radius 2 is 1.50 bits per heavy atom. The molecule has 0 aromatic carbocycles. The monoisotopic (exact) mass is 283 g/mol. The Kier molecular flexibility index (Phi) is 8.08. The molecule has 0 saturated carbocycles. The lowest BCUT2D eigenvalue weighted by Gasteiger charge is -2.42. The lowest BCUT2D eigenvalue weighted by Crippen LogP contribution is -2.52. The van der Waals surface area contributed by atoms with Gasteiger partial charge in [0.15, 0.2) is 0 Å². The summed E-state index contributed by atoms with van der Waals surface area (Å²) in [7, 11) is 0. The summed E-state index contributed by atoms with van der Waals surface area (Å²) in [6, 6.07) is 0. The minimum absolute atomic E-state index is 0.468. The molecule has 0 aromatic heterocycles. The van der Waals surface area contributed by atoms with E-state index in [0.29, 0.717) is 5.41 Å². The number of piperazine rings is 1. The fourth-order valence-electron chi connectivity index (χ4n) is 3.29. The molecule has 3 heteroatoms. The molecule has 0 unspecified atom stereocenters. The van der Waals surface area contributed by atoms with Gasteiger partial charge < -0.3 is 15.1 Å². The molecular weight excluding hydrogens is 246 g/mol. The molecule has 120 valence electrons. The second-order valence-electron chi connectivity index (χ2n) is 6.96. The molecule has 0 aromatic rings. The smallest absolute Gasteiger partial charge is 0.0110 e. The highest BCUT2D eigenvalue weighted by atomic mass is 15.3. The molecule has 1 rings (SSSR count). The van der Waals surface area contributed by atoms with Crippen LogP contribution in [-0.4, -0.2) is 62.2 Å². The molecule has 1 saturated heterocycles. The van der Waals surface area contributed by atoms with E-state index in [1.807, 2.05) is 0 Å². The first-order valence-corrected chi connectivity index (χ1v) is 8.70. The van der Waals surface area contributed by atoms with Crippen molar-refractivity contribution >= 4 is 0 Å². The summed E-state index contributed by atoms with van der Waals surface area (Å²) >= 11 is 0. The third-order valence-corrected chi connectivity index (χ3v) is 4.90. The van der Waals surface area contributed by atoms with E-state index >= 15 is 0 Å². The first kappa shape index (κ1) is 17.9. The van der Waals surface area contributed by atoms with Gasteiger partial charge in [0.25, 0.3) is 0 Å². The zero-order valence-electron chi connectivity index (χ0n) is 14.5. The summed E-state index contributed by atoms with van der Waals surface area (Å²) in [5, 5.41) is 3.58. The maximum absolute atomic E-state index is 3.58. The Morgan fingerprint density at radius 3 is 1.95 bits per heavy atom. The van der Waals surface area contributed by atoms with E-state index in [9.17, 15) is 0 Å². The number of hydrogen-bond acceptors (Lipinski definition) is 3. The van der Waals surface area contributed by atoms with E-state index in [2.05, 4.69) is 49.7 Å². The molecule has 0 bridgehead atoms. The molecule has 1 heterocycles. The standard InChI is InChI=1S/C17H37N3/c1-6-17(7-2,14-18-8-3)15-20-11-9-19(10-12-20)13-16(4)5/h16,18H,6-15H2,1-5H3. The van der Waals surface area contributed by atoms with Crippen molar-refractivity contribution < 1.29 is 0 Å². The van der Waals surface area contributed by atoms with Gasteiger partial charge in [-0.25, -0.2) is 0 Å². The average Bonchev–Trinajstić information content (AvgIpc) is 2.45. The number of nitrogens with one attached hydrogen (secondary N) is 1. The average molecular weight is 284 g/mol. The van der Waals surface area contributed by atoms with Crippen LogP contribution in [0.2, 0.25) is 0 Å². The predicted octanol–water partition coefficient (Wildman–Crippen LogP) is 2.68. The summed E-state index contributed by atoms with van der Waals surface area (Å²) in [5.41, 5.74) is 0.468. The van der Waals surface area contributed by atoms with Crippen LogP contribution >= 0.6 is 0 Å². The van der Waals surface area contributed by atoms with Crippen molar-refractivity contribution in [2.24, 2.45) is 11.3 Å². The van der Waals surface area contributed by atoms with E-state index in [-0.39, 0.29) is 0 Å². The molecule has 3 nitrogen and oxygen atoms in total. The van der Waals surface area contributed by atoms with Crippen LogP contribution in [0.3, 0.4) is 0 Å². The highest BCUT2D eigenvalue weighted by Crippen LogP contribution is 2.27. The SMILES string of the molecule is CCNCC(CC)(CC)CN1CCN(CC(C)C)CC1. The zero-order valence-corrected chi connectivity index (χ0v) is 14.5. The van der Waals surface area contributed by atoms with E-state index in [1.54, 1.807) is 0 Å². The van der Waals surface area contributed by atoms with Crippen LogP contribution in [0.15, 0.2) is 0 Å². The number of nitrogens with zero attached hydrogens (tertiary/aromatic N) is 2. The largest absolute Gasteiger partial charge is 0.316 e. The van der Waals surface area contributed by atoms with E-state index in [4.69, 9.17) is 0 Å². The van der Waals surface area contributed by atoms with Crippen molar-refractivity contribution in [3.63, 3.8) is 0 Å². The Hall–Kier alpha value is -0.120. The Labute approximate surface area is 127 Å². The summed E-state index contributed by atoms with van der Waals surface area (Å²) in [5.74, 6) is 0.792. The molecule has 1 fully saturated rings. The number of hydrogen-bond donors (Lipinski definition) is 1. The van der Waals surface area contributed by atoms with Crippen molar-refractivity contribution in [2.45, 2.75) is 47.5 Å². The first-order chi connectivity index (χ1) is 9.55. The van der Waals surface area contributed by atoms with Crippen molar-refractivity contribution in [3.05, 3.63) is 0 Å². The van der Waals surface area contributed by atoms with Crippen LogP contribution in [-0.2, 0) is 0 Å². The molecule has 0 aliphatic carbocycles. The quantitative estimate of drug-likeness (QED) is 0.702. The second kappa shape index (κ2) is 9.01. The molecule has 0 spiro atoms. The summed E-state index contributed by atoms with van der Waals surface area (Å²) in [4.78, 5) is 5.33. The zero-order chi connectivity index (χ0) is 15.0. The Balaban J connectivity index is 2.43. The minimum Gasteiger partial charge on any atom is -0.316 e. The molecule has 0 amide bonds. The van der Waals surface area contributed by atoms with E-state index in [0.717, 1.165) is 12.5 Å². The fourth-order valence-corrected chi connectivity index (χ4v) is 3.29. The topological polar surface area (TPSA) is 18.5 Å². The maximum Gasteiger partial charge on any atom is 0.0110 e. The van der Waals surface area contributed by atoms with Crippen LogP contribution in [0.4, 0.5) is 0 Å². The highest BCUT2D eigenvalue weighted by Gasteiger charge is 2.29. The van der Waals surface area contributed by atoms with Gasteiger partial charge in [-0.2, -0.15) is 0 Å². The lowest BCUT2D eigenvalue weighted by atomic mass is 9.81. The van der Waals surface area contributed by atoms with Crippen molar-refractivity contribution in [3.8, 4) is 0 Å². The second-order valence-corrected chi connectivity index (χ2v) is 6.96. The molecule has 20 heavy (non-hydrogen) atoms. The normalized spacial score (nSPS) is 18.9. The van der Waals surface area contributed by atoms with Crippen LogP contribution < -0.4 is 5.32 Å². The van der Waals surface area contributed by atoms with Crippen LogP contribution in [0.25, 0.3) is 0 Å². The third-order valence-electron chi connectivity index (χ3n) is 4.90. The molecule has 0 atom stereocenters. The minimum atomic E-state index is 0.468. The highest BCUT2D eigenvalue weighted by molar-refractivity contribution is 4.85. The molecule has 1 aliphatic rings. The van der Waals surface area contributed by atoms with Gasteiger partial charge in [-0.15, -0.1) is 0 Å². The van der Waals surface area contributed by atoms with E-state index in [1.165, 1.54) is 58.7 Å². The Morgan fingerprint density at radius 1 is 0.950 bits per heavy atom. The number of rotatable bonds is 9.